The monoisotopic (exact) mass is 290 g/mol. The third kappa shape index (κ3) is 4.21. The lowest BCUT2D eigenvalue weighted by molar-refractivity contribution is 0.157. The number of nitrogens with one attached hydrogen (secondary N) is 1. The van der Waals surface area contributed by atoms with Gasteiger partial charge < -0.3 is 15.0 Å². The number of benzene rings is 1. The number of aryl methyl sites for hydroxylation is 1. The Kier molecular flexibility index (Phi) is 5.65. The number of methoxy groups -OCH3 is 1. The van der Waals surface area contributed by atoms with Crippen molar-refractivity contribution in [3.8, 4) is 5.75 Å². The van der Waals surface area contributed by atoms with Gasteiger partial charge in [0.2, 0.25) is 0 Å². The van der Waals surface area contributed by atoms with Crippen molar-refractivity contribution in [1.82, 2.24) is 10.2 Å². The summed E-state index contributed by atoms with van der Waals surface area (Å²) in [5.41, 5.74) is 2.50. The Balaban J connectivity index is 1.95. The quantitative estimate of drug-likeness (QED) is 0.898. The van der Waals surface area contributed by atoms with Crippen LogP contribution in [0.5, 0.6) is 5.75 Å². The van der Waals surface area contributed by atoms with Crippen LogP contribution in [0.25, 0.3) is 0 Å². The van der Waals surface area contributed by atoms with E-state index in [1.54, 1.807) is 7.11 Å². The molecule has 1 saturated heterocycles. The zero-order valence-corrected chi connectivity index (χ0v) is 14.1. The first-order valence-corrected chi connectivity index (χ1v) is 8.16. The number of ether oxygens (including phenoxy) is 1. The SMILES string of the molecule is COc1cc(C)ccc1C(C)NC1CCN(C(C)C)CC1. The summed E-state index contributed by atoms with van der Waals surface area (Å²) in [5, 5.41) is 3.78. The van der Waals surface area contributed by atoms with Gasteiger partial charge in [-0.1, -0.05) is 12.1 Å². The normalized spacial score (nSPS) is 19.0. The van der Waals surface area contributed by atoms with Gasteiger partial charge in [0.1, 0.15) is 5.75 Å². The molecule has 3 heteroatoms. The van der Waals surface area contributed by atoms with Crippen LogP contribution in [0, 0.1) is 6.92 Å². The molecular formula is C18H30N2O. The van der Waals surface area contributed by atoms with E-state index in [4.69, 9.17) is 4.74 Å². The Morgan fingerprint density at radius 1 is 1.19 bits per heavy atom. The molecule has 1 N–H and O–H groups in total. The highest BCUT2D eigenvalue weighted by molar-refractivity contribution is 5.39. The minimum atomic E-state index is 0.330. The summed E-state index contributed by atoms with van der Waals surface area (Å²) in [7, 11) is 1.76. The maximum atomic E-state index is 5.54. The Bertz CT molecular complexity index is 451. The predicted octanol–water partition coefficient (Wildman–Crippen LogP) is 3.53. The van der Waals surface area contributed by atoms with E-state index in [0.717, 1.165) is 5.75 Å². The lowest BCUT2D eigenvalue weighted by Gasteiger charge is -2.36. The number of hydrogen-bond acceptors (Lipinski definition) is 3. The van der Waals surface area contributed by atoms with Crippen molar-refractivity contribution in [2.24, 2.45) is 0 Å². The number of rotatable bonds is 5. The van der Waals surface area contributed by atoms with Crippen LogP contribution in [0.2, 0.25) is 0 Å². The van der Waals surface area contributed by atoms with E-state index < -0.39 is 0 Å². The van der Waals surface area contributed by atoms with Crippen LogP contribution in [0.15, 0.2) is 18.2 Å². The highest BCUT2D eigenvalue weighted by Crippen LogP contribution is 2.27. The average Bonchev–Trinajstić information content (AvgIpc) is 2.47. The second kappa shape index (κ2) is 7.28. The van der Waals surface area contributed by atoms with Crippen molar-refractivity contribution in [2.45, 2.75) is 58.7 Å². The Labute approximate surface area is 129 Å². The topological polar surface area (TPSA) is 24.5 Å². The number of likely N-dealkylation sites (tertiary alicyclic amines) is 1. The molecule has 0 radical (unpaired) electrons. The molecule has 0 spiro atoms. The van der Waals surface area contributed by atoms with Gasteiger partial charge in [0, 0.05) is 23.7 Å². The molecule has 3 nitrogen and oxygen atoms in total. The Hall–Kier alpha value is -1.06. The summed E-state index contributed by atoms with van der Waals surface area (Å²) in [6.45, 7) is 11.3. The molecule has 1 aromatic rings. The second-order valence-corrected chi connectivity index (χ2v) is 6.54. The van der Waals surface area contributed by atoms with Gasteiger partial charge in [-0.3, -0.25) is 0 Å². The molecule has 2 rings (SSSR count). The molecule has 0 bridgehead atoms. The third-order valence-electron chi connectivity index (χ3n) is 4.60. The molecule has 0 saturated carbocycles. The van der Waals surface area contributed by atoms with Crippen LogP contribution in [-0.4, -0.2) is 37.2 Å². The van der Waals surface area contributed by atoms with E-state index in [0.29, 0.717) is 18.1 Å². The van der Waals surface area contributed by atoms with Crippen LogP contribution in [0.3, 0.4) is 0 Å². The minimum Gasteiger partial charge on any atom is -0.496 e. The number of nitrogens with zero attached hydrogens (tertiary/aromatic N) is 1. The smallest absolute Gasteiger partial charge is 0.123 e. The molecule has 1 atom stereocenters. The molecule has 1 aliphatic rings. The molecule has 1 aromatic carbocycles. The van der Waals surface area contributed by atoms with Gasteiger partial charge >= 0.3 is 0 Å². The molecule has 1 fully saturated rings. The van der Waals surface area contributed by atoms with E-state index in [-0.39, 0.29) is 0 Å². The van der Waals surface area contributed by atoms with Gasteiger partial charge in [0.05, 0.1) is 7.11 Å². The summed E-state index contributed by atoms with van der Waals surface area (Å²) in [6, 6.07) is 8.08. The molecular weight excluding hydrogens is 260 g/mol. The van der Waals surface area contributed by atoms with Crippen molar-refractivity contribution in [3.63, 3.8) is 0 Å². The fourth-order valence-corrected chi connectivity index (χ4v) is 3.20. The molecule has 0 aliphatic carbocycles. The van der Waals surface area contributed by atoms with Gasteiger partial charge in [0.25, 0.3) is 0 Å². The van der Waals surface area contributed by atoms with Gasteiger partial charge in [-0.2, -0.15) is 0 Å². The first-order valence-electron chi connectivity index (χ1n) is 8.16. The van der Waals surface area contributed by atoms with Crippen molar-refractivity contribution in [2.75, 3.05) is 20.2 Å². The molecule has 118 valence electrons. The average molecular weight is 290 g/mol. The van der Waals surface area contributed by atoms with Crippen LogP contribution in [0.1, 0.15) is 50.8 Å². The van der Waals surface area contributed by atoms with Crippen LogP contribution in [0.4, 0.5) is 0 Å². The first-order chi connectivity index (χ1) is 10.0. The van der Waals surface area contributed by atoms with Crippen LogP contribution >= 0.6 is 0 Å². The number of hydrogen-bond donors (Lipinski definition) is 1. The molecule has 1 heterocycles. The maximum Gasteiger partial charge on any atom is 0.123 e. The van der Waals surface area contributed by atoms with Gasteiger partial charge in [-0.25, -0.2) is 0 Å². The van der Waals surface area contributed by atoms with Gasteiger partial charge in [-0.05, 0) is 65.3 Å². The maximum absolute atomic E-state index is 5.54. The fourth-order valence-electron chi connectivity index (χ4n) is 3.20. The fraction of sp³-hybridized carbons (Fsp3) is 0.667. The van der Waals surface area contributed by atoms with Crippen molar-refractivity contribution in [3.05, 3.63) is 29.3 Å². The predicted molar refractivity (Wildman–Crippen MR) is 89.0 cm³/mol. The molecule has 21 heavy (non-hydrogen) atoms. The highest BCUT2D eigenvalue weighted by atomic mass is 16.5. The van der Waals surface area contributed by atoms with E-state index in [1.807, 2.05) is 0 Å². The largest absolute Gasteiger partial charge is 0.496 e. The van der Waals surface area contributed by atoms with Crippen LogP contribution < -0.4 is 10.1 Å². The van der Waals surface area contributed by atoms with Crippen molar-refractivity contribution < 1.29 is 4.74 Å². The summed E-state index contributed by atoms with van der Waals surface area (Å²) in [6.07, 6.45) is 2.47. The minimum absolute atomic E-state index is 0.330. The van der Waals surface area contributed by atoms with E-state index in [1.165, 1.54) is 37.1 Å². The Morgan fingerprint density at radius 3 is 2.43 bits per heavy atom. The summed E-state index contributed by atoms with van der Waals surface area (Å²) >= 11 is 0. The van der Waals surface area contributed by atoms with Gasteiger partial charge in [0.15, 0.2) is 0 Å². The Morgan fingerprint density at radius 2 is 1.86 bits per heavy atom. The lowest BCUT2D eigenvalue weighted by atomic mass is 9.99. The standard InChI is InChI=1S/C18H30N2O/c1-13(2)20-10-8-16(9-11-20)19-15(4)17-7-6-14(3)12-18(17)21-5/h6-7,12-13,15-16,19H,8-11H2,1-5H3. The van der Waals surface area contributed by atoms with Gasteiger partial charge in [-0.15, -0.1) is 0 Å². The van der Waals surface area contributed by atoms with E-state index >= 15 is 0 Å². The van der Waals surface area contributed by atoms with E-state index in [9.17, 15) is 0 Å². The van der Waals surface area contributed by atoms with Crippen molar-refractivity contribution in [1.29, 1.82) is 0 Å². The molecule has 0 aromatic heterocycles. The van der Waals surface area contributed by atoms with Crippen LogP contribution in [-0.2, 0) is 0 Å². The number of piperidine rings is 1. The molecule has 0 amide bonds. The summed E-state index contributed by atoms with van der Waals surface area (Å²) < 4.78 is 5.54. The van der Waals surface area contributed by atoms with E-state index in [2.05, 4.69) is 56.1 Å². The highest BCUT2D eigenvalue weighted by Gasteiger charge is 2.23. The molecule has 1 aliphatic heterocycles. The molecule has 1 unspecified atom stereocenters. The third-order valence-corrected chi connectivity index (χ3v) is 4.60. The zero-order chi connectivity index (χ0) is 15.4. The lowest BCUT2D eigenvalue weighted by Crippen LogP contribution is -2.45. The van der Waals surface area contributed by atoms with Crippen molar-refractivity contribution >= 4 is 0 Å². The first kappa shape index (κ1) is 16.3. The summed E-state index contributed by atoms with van der Waals surface area (Å²) in [5.74, 6) is 0.995. The zero-order valence-electron chi connectivity index (χ0n) is 14.1. The second-order valence-electron chi connectivity index (χ2n) is 6.54. The summed E-state index contributed by atoms with van der Waals surface area (Å²) in [4.78, 5) is 2.56.